The van der Waals surface area contributed by atoms with Gasteiger partial charge in [0.2, 0.25) is 5.91 Å². The molecule has 1 aliphatic heterocycles. The highest BCUT2D eigenvalue weighted by molar-refractivity contribution is 5.80. The molecule has 0 aromatic heterocycles. The molecule has 2 saturated carbocycles. The Morgan fingerprint density at radius 2 is 1.81 bits per heavy atom. The summed E-state index contributed by atoms with van der Waals surface area (Å²) in [4.78, 5) is 15.6. The van der Waals surface area contributed by atoms with Gasteiger partial charge in [-0.05, 0) is 56.9 Å². The van der Waals surface area contributed by atoms with Gasteiger partial charge in [0.15, 0.2) is 0 Å². The fourth-order valence-corrected chi connectivity index (χ4v) is 5.32. The zero-order chi connectivity index (χ0) is 18.3. The molecule has 0 radical (unpaired) electrons. The number of hydrogen-bond donors (Lipinski definition) is 1. The van der Waals surface area contributed by atoms with Crippen molar-refractivity contribution in [3.05, 3.63) is 35.9 Å². The first-order chi connectivity index (χ1) is 12.5. The van der Waals surface area contributed by atoms with Gasteiger partial charge in [0.25, 0.3) is 0 Å². The van der Waals surface area contributed by atoms with Gasteiger partial charge in [0.05, 0.1) is 18.7 Å². The summed E-state index contributed by atoms with van der Waals surface area (Å²) >= 11 is 0. The summed E-state index contributed by atoms with van der Waals surface area (Å²) in [6, 6.07) is 10.6. The van der Waals surface area contributed by atoms with Crippen LogP contribution in [0.1, 0.15) is 57.6 Å². The van der Waals surface area contributed by atoms with Crippen molar-refractivity contribution in [2.45, 2.75) is 63.6 Å². The Balaban J connectivity index is 1.51. The van der Waals surface area contributed by atoms with E-state index in [0.717, 1.165) is 18.4 Å². The van der Waals surface area contributed by atoms with Gasteiger partial charge in [-0.1, -0.05) is 36.8 Å². The maximum Gasteiger partial charge on any atom is 0.226 e. The lowest BCUT2D eigenvalue weighted by Crippen LogP contribution is -2.59. The third kappa shape index (κ3) is 3.29. The van der Waals surface area contributed by atoms with E-state index in [1.165, 1.54) is 19.3 Å². The predicted molar refractivity (Wildman–Crippen MR) is 102 cm³/mol. The summed E-state index contributed by atoms with van der Waals surface area (Å²) in [5.41, 5.74) is 7.33. The topological polar surface area (TPSA) is 55.6 Å². The summed E-state index contributed by atoms with van der Waals surface area (Å²) in [6.45, 7) is 5.48. The second-order valence-corrected chi connectivity index (χ2v) is 9.17. The van der Waals surface area contributed by atoms with E-state index in [1.54, 1.807) is 0 Å². The Morgan fingerprint density at radius 1 is 1.15 bits per heavy atom. The van der Waals surface area contributed by atoms with Crippen molar-refractivity contribution in [2.75, 3.05) is 13.2 Å². The largest absolute Gasteiger partial charge is 0.369 e. The van der Waals surface area contributed by atoms with E-state index in [2.05, 4.69) is 30.9 Å². The monoisotopic (exact) mass is 356 g/mol. The van der Waals surface area contributed by atoms with Crippen LogP contribution in [0.3, 0.4) is 0 Å². The number of nitrogens with two attached hydrogens (primary N) is 1. The molecule has 0 spiro atoms. The second-order valence-electron chi connectivity index (χ2n) is 9.17. The van der Waals surface area contributed by atoms with E-state index >= 15 is 0 Å². The fourth-order valence-electron chi connectivity index (χ4n) is 5.32. The van der Waals surface area contributed by atoms with Crippen molar-refractivity contribution >= 4 is 5.91 Å². The third-order valence-electron chi connectivity index (χ3n) is 6.92. The van der Waals surface area contributed by atoms with Gasteiger partial charge in [-0.3, -0.25) is 4.79 Å². The van der Waals surface area contributed by atoms with Gasteiger partial charge in [0.1, 0.15) is 6.10 Å². The molecule has 3 unspecified atom stereocenters. The van der Waals surface area contributed by atoms with Crippen molar-refractivity contribution in [1.82, 2.24) is 4.90 Å². The molecule has 1 aromatic carbocycles. The number of hydrogen-bond acceptors (Lipinski definition) is 3. The fraction of sp³-hybridized carbons (Fsp3) is 0.682. The zero-order valence-corrected chi connectivity index (χ0v) is 16.1. The van der Waals surface area contributed by atoms with Crippen LogP contribution < -0.4 is 5.73 Å². The lowest BCUT2D eigenvalue weighted by Gasteiger charge is -2.49. The molecule has 4 nitrogen and oxygen atoms in total. The van der Waals surface area contributed by atoms with Crippen LogP contribution in [0.2, 0.25) is 0 Å². The Kier molecular flexibility index (Phi) is 4.83. The van der Waals surface area contributed by atoms with Gasteiger partial charge in [0, 0.05) is 12.0 Å². The molecule has 3 fully saturated rings. The van der Waals surface area contributed by atoms with Crippen LogP contribution in [0, 0.1) is 17.8 Å². The van der Waals surface area contributed by atoms with Crippen LogP contribution in [-0.4, -0.2) is 35.5 Å². The third-order valence-corrected chi connectivity index (χ3v) is 6.92. The van der Waals surface area contributed by atoms with Crippen molar-refractivity contribution < 1.29 is 9.53 Å². The quantitative estimate of drug-likeness (QED) is 0.882. The molecule has 1 saturated heterocycles. The first-order valence-electron chi connectivity index (χ1n) is 10.2. The Bertz CT molecular complexity index is 631. The number of morpholine rings is 1. The lowest BCUT2D eigenvalue weighted by molar-refractivity contribution is -0.161. The number of ether oxygens (including phenoxy) is 1. The SMILES string of the molecule is CC1(C)COC(c2ccccc2)CN1C(=O)C1CC2CCCC(C1)C2N. The van der Waals surface area contributed by atoms with Gasteiger partial charge in [-0.15, -0.1) is 0 Å². The minimum Gasteiger partial charge on any atom is -0.369 e. The van der Waals surface area contributed by atoms with E-state index < -0.39 is 0 Å². The van der Waals surface area contributed by atoms with Gasteiger partial charge >= 0.3 is 0 Å². The molecular weight excluding hydrogens is 324 g/mol. The van der Waals surface area contributed by atoms with Crippen molar-refractivity contribution in [2.24, 2.45) is 23.5 Å². The second kappa shape index (κ2) is 6.97. The van der Waals surface area contributed by atoms with Crippen LogP contribution >= 0.6 is 0 Å². The summed E-state index contributed by atoms with van der Waals surface area (Å²) in [5, 5.41) is 0. The van der Waals surface area contributed by atoms with Gasteiger partial charge in [-0.2, -0.15) is 0 Å². The molecule has 3 aliphatic rings. The summed E-state index contributed by atoms with van der Waals surface area (Å²) < 4.78 is 6.12. The predicted octanol–water partition coefficient (Wildman–Crippen LogP) is 3.52. The summed E-state index contributed by atoms with van der Waals surface area (Å²) in [7, 11) is 0. The molecule has 3 atom stereocenters. The molecule has 2 N–H and O–H groups in total. The first kappa shape index (κ1) is 18.0. The molecule has 4 heteroatoms. The number of nitrogens with zero attached hydrogens (tertiary/aromatic N) is 1. The lowest BCUT2D eigenvalue weighted by atomic mass is 9.64. The first-order valence-corrected chi connectivity index (χ1v) is 10.2. The summed E-state index contributed by atoms with van der Waals surface area (Å²) in [6.07, 6.45) is 5.59. The van der Waals surface area contributed by atoms with Gasteiger partial charge in [-0.25, -0.2) is 0 Å². The van der Waals surface area contributed by atoms with Crippen molar-refractivity contribution in [1.29, 1.82) is 0 Å². The minimum absolute atomic E-state index is 0.0291. The number of carbonyl (C=O) groups is 1. The van der Waals surface area contributed by atoms with Crippen LogP contribution in [0.5, 0.6) is 0 Å². The van der Waals surface area contributed by atoms with Crippen molar-refractivity contribution in [3.63, 3.8) is 0 Å². The molecule has 142 valence electrons. The molecule has 1 heterocycles. The maximum atomic E-state index is 13.5. The standard InChI is InChI=1S/C22H32N2O2/c1-22(2)14-26-19(15-7-4-3-5-8-15)13-24(22)21(25)18-11-16-9-6-10-17(12-18)20(16)23/h3-5,7-8,16-20H,6,9-14,23H2,1-2H3. The number of rotatable bonds is 2. The van der Waals surface area contributed by atoms with Crippen LogP contribution in [0.15, 0.2) is 30.3 Å². The van der Waals surface area contributed by atoms with E-state index in [4.69, 9.17) is 10.5 Å². The molecular formula is C22H32N2O2. The van der Waals surface area contributed by atoms with E-state index in [9.17, 15) is 4.79 Å². The van der Waals surface area contributed by atoms with Crippen LogP contribution in [0.25, 0.3) is 0 Å². The molecule has 1 amide bonds. The molecule has 1 aromatic rings. The van der Waals surface area contributed by atoms with Crippen LogP contribution in [-0.2, 0) is 9.53 Å². The van der Waals surface area contributed by atoms with E-state index in [-0.39, 0.29) is 17.6 Å². The minimum atomic E-state index is -0.253. The maximum absolute atomic E-state index is 13.5. The Hall–Kier alpha value is -1.39. The number of carbonyl (C=O) groups excluding carboxylic acids is 1. The number of amides is 1. The normalized spacial score (nSPS) is 36.6. The molecule has 2 bridgehead atoms. The van der Waals surface area contributed by atoms with Gasteiger partial charge < -0.3 is 15.4 Å². The highest BCUT2D eigenvalue weighted by Crippen LogP contribution is 2.43. The number of fused-ring (bicyclic) bond motifs is 2. The molecule has 4 rings (SSSR count). The zero-order valence-electron chi connectivity index (χ0n) is 16.1. The van der Waals surface area contributed by atoms with E-state index in [0.29, 0.717) is 36.9 Å². The van der Waals surface area contributed by atoms with Crippen molar-refractivity contribution in [3.8, 4) is 0 Å². The summed E-state index contributed by atoms with van der Waals surface area (Å²) in [5.74, 6) is 1.53. The average Bonchev–Trinajstić information content (AvgIpc) is 2.61. The Morgan fingerprint density at radius 3 is 2.46 bits per heavy atom. The number of benzene rings is 1. The molecule has 2 aliphatic carbocycles. The Labute approximate surface area is 157 Å². The highest BCUT2D eigenvalue weighted by Gasteiger charge is 2.45. The molecule has 26 heavy (non-hydrogen) atoms. The van der Waals surface area contributed by atoms with E-state index in [1.807, 2.05) is 18.2 Å². The van der Waals surface area contributed by atoms with Crippen LogP contribution in [0.4, 0.5) is 0 Å². The smallest absolute Gasteiger partial charge is 0.226 e. The highest BCUT2D eigenvalue weighted by atomic mass is 16.5. The average molecular weight is 357 g/mol.